The van der Waals surface area contributed by atoms with E-state index in [0.717, 1.165) is 12.2 Å². The van der Waals surface area contributed by atoms with Crippen LogP contribution < -0.4 is 10.6 Å². The molecule has 0 aliphatic rings. The topological polar surface area (TPSA) is 80.0 Å². The minimum atomic E-state index is -0.107. The van der Waals surface area contributed by atoms with Crippen molar-refractivity contribution < 1.29 is 9.32 Å². The Kier molecular flexibility index (Phi) is 4.70. The maximum absolute atomic E-state index is 11.9. The van der Waals surface area contributed by atoms with Crippen molar-refractivity contribution in [2.75, 3.05) is 18.4 Å². The predicted octanol–water partition coefficient (Wildman–Crippen LogP) is 1.78. The first-order chi connectivity index (χ1) is 9.69. The lowest BCUT2D eigenvalue weighted by Crippen LogP contribution is -2.25. The van der Waals surface area contributed by atoms with Crippen LogP contribution in [0.25, 0.3) is 0 Å². The Labute approximate surface area is 117 Å². The first kappa shape index (κ1) is 14.0. The van der Waals surface area contributed by atoms with E-state index in [9.17, 15) is 4.79 Å². The molecule has 0 atom stereocenters. The van der Waals surface area contributed by atoms with Gasteiger partial charge in [0, 0.05) is 30.8 Å². The predicted molar refractivity (Wildman–Crippen MR) is 75.7 cm³/mol. The molecule has 2 rings (SSSR count). The molecule has 0 spiro atoms. The minimum Gasteiger partial charge on any atom is -0.385 e. The van der Waals surface area contributed by atoms with E-state index in [-0.39, 0.29) is 5.91 Å². The summed E-state index contributed by atoms with van der Waals surface area (Å²) in [6, 6.07) is 7.37. The molecule has 1 amide bonds. The summed E-state index contributed by atoms with van der Waals surface area (Å²) in [5, 5.41) is 9.70. The molecule has 20 heavy (non-hydrogen) atoms. The Bertz CT molecular complexity index is 563. The third-order valence-corrected chi connectivity index (χ3v) is 2.72. The van der Waals surface area contributed by atoms with Crippen molar-refractivity contribution in [3.63, 3.8) is 0 Å². The first-order valence-electron chi connectivity index (χ1n) is 6.60. The highest BCUT2D eigenvalue weighted by Crippen LogP contribution is 2.09. The Balaban J connectivity index is 1.82. The van der Waals surface area contributed by atoms with Crippen LogP contribution in [0.15, 0.2) is 28.8 Å². The zero-order chi connectivity index (χ0) is 14.4. The zero-order valence-electron chi connectivity index (χ0n) is 11.6. The van der Waals surface area contributed by atoms with Crippen molar-refractivity contribution in [1.82, 2.24) is 15.5 Å². The lowest BCUT2D eigenvalue weighted by Gasteiger charge is -2.06. The van der Waals surface area contributed by atoms with Gasteiger partial charge in [0.2, 0.25) is 5.89 Å². The van der Waals surface area contributed by atoms with Gasteiger partial charge in [-0.1, -0.05) is 5.16 Å². The molecule has 0 radical (unpaired) electrons. The van der Waals surface area contributed by atoms with Gasteiger partial charge in [-0.05, 0) is 38.1 Å². The van der Waals surface area contributed by atoms with E-state index in [1.165, 1.54) is 0 Å². The molecule has 0 fully saturated rings. The van der Waals surface area contributed by atoms with Gasteiger partial charge in [0.05, 0.1) is 0 Å². The smallest absolute Gasteiger partial charge is 0.251 e. The number of nitrogens with zero attached hydrogens (tertiary/aromatic N) is 2. The van der Waals surface area contributed by atoms with Crippen LogP contribution in [-0.4, -0.2) is 29.1 Å². The highest BCUT2D eigenvalue weighted by molar-refractivity contribution is 5.94. The van der Waals surface area contributed by atoms with Crippen LogP contribution in [0.2, 0.25) is 0 Å². The minimum absolute atomic E-state index is 0.107. The van der Waals surface area contributed by atoms with E-state index < -0.39 is 0 Å². The van der Waals surface area contributed by atoms with Crippen LogP contribution in [-0.2, 0) is 6.42 Å². The van der Waals surface area contributed by atoms with Gasteiger partial charge < -0.3 is 15.2 Å². The largest absolute Gasteiger partial charge is 0.385 e. The number of nitrogens with one attached hydrogen (secondary N) is 2. The van der Waals surface area contributed by atoms with Crippen molar-refractivity contribution in [3.8, 4) is 0 Å². The molecular formula is C14H18N4O2. The molecule has 1 heterocycles. The lowest BCUT2D eigenvalue weighted by molar-refractivity contribution is 0.0953. The zero-order valence-corrected chi connectivity index (χ0v) is 11.6. The van der Waals surface area contributed by atoms with Crippen molar-refractivity contribution >= 4 is 11.6 Å². The first-order valence-corrected chi connectivity index (χ1v) is 6.60. The Morgan fingerprint density at radius 1 is 1.30 bits per heavy atom. The van der Waals surface area contributed by atoms with Gasteiger partial charge in [-0.2, -0.15) is 4.98 Å². The summed E-state index contributed by atoms with van der Waals surface area (Å²) >= 11 is 0. The highest BCUT2D eigenvalue weighted by atomic mass is 16.5. The normalized spacial score (nSPS) is 10.3. The Morgan fingerprint density at radius 3 is 2.65 bits per heavy atom. The number of aromatic nitrogens is 2. The summed E-state index contributed by atoms with van der Waals surface area (Å²) in [7, 11) is 0. The standard InChI is InChI=1S/C14H18N4O2/c1-3-15-12-6-4-11(5-7-12)14(19)16-9-8-13-17-10(2)18-20-13/h4-7,15H,3,8-9H2,1-2H3,(H,16,19). The molecule has 0 saturated carbocycles. The van der Waals surface area contributed by atoms with E-state index in [0.29, 0.717) is 30.2 Å². The molecule has 0 aliphatic carbocycles. The van der Waals surface area contributed by atoms with E-state index in [2.05, 4.69) is 20.8 Å². The summed E-state index contributed by atoms with van der Waals surface area (Å²) in [4.78, 5) is 16.0. The van der Waals surface area contributed by atoms with Gasteiger partial charge in [-0.15, -0.1) is 0 Å². The summed E-state index contributed by atoms with van der Waals surface area (Å²) < 4.78 is 4.97. The SMILES string of the molecule is CCNc1ccc(C(=O)NCCc2nc(C)no2)cc1. The van der Waals surface area contributed by atoms with Gasteiger partial charge in [0.15, 0.2) is 5.82 Å². The van der Waals surface area contributed by atoms with Crippen molar-refractivity contribution in [3.05, 3.63) is 41.5 Å². The summed E-state index contributed by atoms with van der Waals surface area (Å²) in [5.41, 5.74) is 1.64. The highest BCUT2D eigenvalue weighted by Gasteiger charge is 2.06. The van der Waals surface area contributed by atoms with Crippen LogP contribution in [0, 0.1) is 6.92 Å². The molecule has 6 heteroatoms. The third kappa shape index (κ3) is 3.81. The number of hydrogen-bond donors (Lipinski definition) is 2. The molecule has 1 aromatic carbocycles. The summed E-state index contributed by atoms with van der Waals surface area (Å²) in [5.74, 6) is 1.03. The fraction of sp³-hybridized carbons (Fsp3) is 0.357. The molecule has 0 bridgehead atoms. The number of hydrogen-bond acceptors (Lipinski definition) is 5. The van der Waals surface area contributed by atoms with Crippen molar-refractivity contribution in [1.29, 1.82) is 0 Å². The third-order valence-electron chi connectivity index (χ3n) is 2.72. The van der Waals surface area contributed by atoms with Gasteiger partial charge in [0.25, 0.3) is 5.91 Å². The number of carbonyl (C=O) groups is 1. The number of rotatable bonds is 6. The second kappa shape index (κ2) is 6.70. The maximum Gasteiger partial charge on any atom is 0.251 e. The summed E-state index contributed by atoms with van der Waals surface area (Å²) in [6.45, 7) is 5.11. The monoisotopic (exact) mass is 274 g/mol. The quantitative estimate of drug-likeness (QED) is 0.839. The average molecular weight is 274 g/mol. The van der Waals surface area contributed by atoms with Crippen LogP contribution in [0.1, 0.15) is 29.0 Å². The van der Waals surface area contributed by atoms with Crippen molar-refractivity contribution in [2.24, 2.45) is 0 Å². The van der Waals surface area contributed by atoms with Crippen LogP contribution in [0.5, 0.6) is 0 Å². The molecule has 6 nitrogen and oxygen atoms in total. The molecule has 0 unspecified atom stereocenters. The fourth-order valence-corrected chi connectivity index (χ4v) is 1.77. The Morgan fingerprint density at radius 2 is 2.05 bits per heavy atom. The van der Waals surface area contributed by atoms with E-state index in [1.54, 1.807) is 19.1 Å². The maximum atomic E-state index is 11.9. The summed E-state index contributed by atoms with van der Waals surface area (Å²) in [6.07, 6.45) is 0.530. The second-order valence-corrected chi connectivity index (χ2v) is 4.35. The molecule has 1 aromatic heterocycles. The van der Waals surface area contributed by atoms with E-state index >= 15 is 0 Å². The molecular weight excluding hydrogens is 256 g/mol. The lowest BCUT2D eigenvalue weighted by atomic mass is 10.2. The van der Waals surface area contributed by atoms with Gasteiger partial charge in [-0.3, -0.25) is 4.79 Å². The molecule has 2 N–H and O–H groups in total. The van der Waals surface area contributed by atoms with Crippen LogP contribution in [0.3, 0.4) is 0 Å². The van der Waals surface area contributed by atoms with Gasteiger partial charge >= 0.3 is 0 Å². The molecule has 0 saturated heterocycles. The van der Waals surface area contributed by atoms with Crippen LogP contribution >= 0.6 is 0 Å². The Hall–Kier alpha value is -2.37. The number of anilines is 1. The molecule has 2 aromatic rings. The van der Waals surface area contributed by atoms with E-state index in [4.69, 9.17) is 4.52 Å². The number of amides is 1. The average Bonchev–Trinajstić information content (AvgIpc) is 2.85. The number of aryl methyl sites for hydroxylation is 1. The van der Waals surface area contributed by atoms with Gasteiger partial charge in [0.1, 0.15) is 0 Å². The second-order valence-electron chi connectivity index (χ2n) is 4.35. The van der Waals surface area contributed by atoms with E-state index in [1.807, 2.05) is 19.1 Å². The fourth-order valence-electron chi connectivity index (χ4n) is 1.77. The number of carbonyl (C=O) groups excluding carboxylic acids is 1. The molecule has 0 aliphatic heterocycles. The van der Waals surface area contributed by atoms with Crippen LogP contribution in [0.4, 0.5) is 5.69 Å². The van der Waals surface area contributed by atoms with Gasteiger partial charge in [-0.25, -0.2) is 0 Å². The molecule has 106 valence electrons. The van der Waals surface area contributed by atoms with Crippen molar-refractivity contribution in [2.45, 2.75) is 20.3 Å². The number of benzene rings is 1.